The molecule has 1 heterocycles. The predicted molar refractivity (Wildman–Crippen MR) is 115 cm³/mol. The molecule has 30 heavy (non-hydrogen) atoms. The number of halogens is 2. The molecular formula is C21H22ClFN4O3. The van der Waals surface area contributed by atoms with Gasteiger partial charge in [0.1, 0.15) is 17.2 Å². The van der Waals surface area contributed by atoms with Gasteiger partial charge in [-0.05, 0) is 58.0 Å². The second-order valence-electron chi connectivity index (χ2n) is 7.82. The lowest BCUT2D eigenvalue weighted by Crippen LogP contribution is -2.37. The van der Waals surface area contributed by atoms with Crippen LogP contribution in [0.4, 0.5) is 14.9 Å². The summed E-state index contributed by atoms with van der Waals surface area (Å²) in [7, 11) is 0. The minimum atomic E-state index is -0.720. The van der Waals surface area contributed by atoms with Crippen molar-refractivity contribution in [2.24, 2.45) is 0 Å². The Morgan fingerprint density at radius 3 is 2.63 bits per heavy atom. The SMILES string of the molecule is C[C@H](NC(=O)OC(C)(C)C)c1nc2cccc(Cl)c2c(=O)n1-c1ccc(F)c(N)c1. The Hall–Kier alpha value is -3.13. The third-order valence-electron chi connectivity index (χ3n) is 4.23. The van der Waals surface area contributed by atoms with Gasteiger partial charge in [0, 0.05) is 0 Å². The van der Waals surface area contributed by atoms with Crippen LogP contribution in [0.3, 0.4) is 0 Å². The van der Waals surface area contributed by atoms with E-state index in [9.17, 15) is 14.0 Å². The zero-order valence-corrected chi connectivity index (χ0v) is 17.7. The van der Waals surface area contributed by atoms with Gasteiger partial charge in [0.05, 0.1) is 33.3 Å². The molecule has 0 aliphatic heterocycles. The molecule has 0 aliphatic rings. The summed E-state index contributed by atoms with van der Waals surface area (Å²) in [5, 5.41) is 3.11. The highest BCUT2D eigenvalue weighted by atomic mass is 35.5. The third-order valence-corrected chi connectivity index (χ3v) is 4.55. The van der Waals surface area contributed by atoms with Crippen molar-refractivity contribution in [2.75, 3.05) is 5.73 Å². The van der Waals surface area contributed by atoms with Gasteiger partial charge >= 0.3 is 6.09 Å². The largest absolute Gasteiger partial charge is 0.444 e. The standard InChI is InChI=1S/C21H22ClFN4O3/c1-11(25-20(29)30-21(2,3)4)18-26-16-7-5-6-13(22)17(16)19(28)27(18)12-8-9-14(23)15(24)10-12/h5-11H,24H2,1-4H3,(H,25,29)/t11-/m0/s1. The van der Waals surface area contributed by atoms with Gasteiger partial charge in [0.2, 0.25) is 0 Å². The maximum Gasteiger partial charge on any atom is 0.408 e. The molecular weight excluding hydrogens is 411 g/mol. The highest BCUT2D eigenvalue weighted by molar-refractivity contribution is 6.35. The van der Waals surface area contributed by atoms with Crippen molar-refractivity contribution in [1.82, 2.24) is 14.9 Å². The van der Waals surface area contributed by atoms with Crippen molar-refractivity contribution in [3.05, 3.63) is 63.4 Å². The molecule has 0 unspecified atom stereocenters. The van der Waals surface area contributed by atoms with Crippen LogP contribution in [0.15, 0.2) is 41.2 Å². The number of ether oxygens (including phenoxy) is 1. The molecule has 7 nitrogen and oxygen atoms in total. The highest BCUT2D eigenvalue weighted by Crippen LogP contribution is 2.24. The van der Waals surface area contributed by atoms with Crippen LogP contribution in [0.1, 0.15) is 39.6 Å². The first kappa shape index (κ1) is 21.6. The summed E-state index contributed by atoms with van der Waals surface area (Å²) in [5.41, 5.74) is 5.07. The Kier molecular flexibility index (Phi) is 5.72. The predicted octanol–water partition coefficient (Wildman–Crippen LogP) is 4.35. The van der Waals surface area contributed by atoms with Crippen LogP contribution < -0.4 is 16.6 Å². The molecule has 3 aromatic rings. The van der Waals surface area contributed by atoms with Crippen molar-refractivity contribution in [1.29, 1.82) is 0 Å². The number of alkyl carbamates (subject to hydrolysis) is 1. The van der Waals surface area contributed by atoms with Gasteiger partial charge in [-0.25, -0.2) is 14.2 Å². The van der Waals surface area contributed by atoms with Crippen molar-refractivity contribution >= 4 is 34.3 Å². The van der Waals surface area contributed by atoms with Crippen molar-refractivity contribution in [3.63, 3.8) is 0 Å². The normalized spacial score (nSPS) is 12.6. The number of rotatable bonds is 3. The molecule has 0 saturated heterocycles. The van der Waals surface area contributed by atoms with Gasteiger partial charge in [0.15, 0.2) is 0 Å². The van der Waals surface area contributed by atoms with Crippen molar-refractivity contribution in [3.8, 4) is 5.69 Å². The Morgan fingerprint density at radius 1 is 1.30 bits per heavy atom. The molecule has 0 spiro atoms. The first-order valence-electron chi connectivity index (χ1n) is 9.24. The molecule has 0 bridgehead atoms. The highest BCUT2D eigenvalue weighted by Gasteiger charge is 2.23. The number of nitrogens with two attached hydrogens (primary N) is 1. The Balaban J connectivity index is 2.20. The van der Waals surface area contributed by atoms with Gasteiger partial charge in [-0.15, -0.1) is 0 Å². The average Bonchev–Trinajstić information content (AvgIpc) is 2.62. The zero-order chi connectivity index (χ0) is 22.2. The van der Waals surface area contributed by atoms with Crippen LogP contribution in [-0.4, -0.2) is 21.2 Å². The van der Waals surface area contributed by atoms with E-state index in [1.807, 2.05) is 0 Å². The number of hydrogen-bond acceptors (Lipinski definition) is 5. The second-order valence-corrected chi connectivity index (χ2v) is 8.23. The summed E-state index contributed by atoms with van der Waals surface area (Å²) in [6.07, 6.45) is -0.666. The van der Waals surface area contributed by atoms with E-state index in [0.717, 1.165) is 6.07 Å². The van der Waals surface area contributed by atoms with Crippen LogP contribution in [-0.2, 0) is 4.74 Å². The summed E-state index contributed by atoms with van der Waals surface area (Å²) < 4.78 is 20.2. The molecule has 9 heteroatoms. The maximum atomic E-state index is 13.7. The average molecular weight is 433 g/mol. The topological polar surface area (TPSA) is 99.2 Å². The molecule has 1 aromatic heterocycles. The molecule has 3 rings (SSSR count). The smallest absolute Gasteiger partial charge is 0.408 e. The number of fused-ring (bicyclic) bond motifs is 1. The molecule has 1 atom stereocenters. The molecule has 0 fully saturated rings. The summed E-state index contributed by atoms with van der Waals surface area (Å²) in [5.74, 6) is -0.397. The van der Waals surface area contributed by atoms with E-state index in [1.165, 1.54) is 16.7 Å². The van der Waals surface area contributed by atoms with Crippen LogP contribution >= 0.6 is 11.6 Å². The lowest BCUT2D eigenvalue weighted by atomic mass is 10.2. The molecule has 0 radical (unpaired) electrons. The van der Waals surface area contributed by atoms with Crippen LogP contribution in [0.5, 0.6) is 0 Å². The first-order valence-corrected chi connectivity index (χ1v) is 9.62. The van der Waals surface area contributed by atoms with E-state index >= 15 is 0 Å². The number of anilines is 1. The molecule has 0 aliphatic carbocycles. The van der Waals surface area contributed by atoms with Gasteiger partial charge < -0.3 is 15.8 Å². The third kappa shape index (κ3) is 4.38. The summed E-state index contributed by atoms with van der Waals surface area (Å²) in [6.45, 7) is 6.88. The number of nitrogens with zero attached hydrogens (tertiary/aromatic N) is 2. The Bertz CT molecular complexity index is 1190. The maximum absolute atomic E-state index is 13.7. The number of nitrogen functional groups attached to an aromatic ring is 1. The number of benzene rings is 2. The molecule has 2 aromatic carbocycles. The number of carbonyl (C=O) groups excluding carboxylic acids is 1. The van der Waals surface area contributed by atoms with Crippen LogP contribution in [0, 0.1) is 5.82 Å². The molecule has 3 N–H and O–H groups in total. The van der Waals surface area contributed by atoms with Gasteiger partial charge in [-0.3, -0.25) is 9.36 Å². The van der Waals surface area contributed by atoms with E-state index in [1.54, 1.807) is 45.9 Å². The summed E-state index contributed by atoms with van der Waals surface area (Å²) >= 11 is 6.24. The fourth-order valence-electron chi connectivity index (χ4n) is 2.97. The minimum Gasteiger partial charge on any atom is -0.444 e. The van der Waals surface area contributed by atoms with Gasteiger partial charge in [-0.1, -0.05) is 17.7 Å². The Labute approximate surface area is 177 Å². The zero-order valence-electron chi connectivity index (χ0n) is 17.0. The van der Waals surface area contributed by atoms with E-state index in [2.05, 4.69) is 10.3 Å². The quantitative estimate of drug-likeness (QED) is 0.599. The minimum absolute atomic E-state index is 0.127. The lowest BCUT2D eigenvalue weighted by Gasteiger charge is -2.23. The molecule has 158 valence electrons. The molecule has 0 saturated carbocycles. The second kappa shape index (κ2) is 7.95. The molecule has 1 amide bonds. The first-order chi connectivity index (χ1) is 14.0. The van der Waals surface area contributed by atoms with Gasteiger partial charge in [-0.2, -0.15) is 0 Å². The number of aromatic nitrogens is 2. The van der Waals surface area contributed by atoms with E-state index in [4.69, 9.17) is 22.1 Å². The number of hydrogen-bond donors (Lipinski definition) is 2. The fourth-order valence-corrected chi connectivity index (χ4v) is 3.22. The fraction of sp³-hybridized carbons (Fsp3) is 0.286. The number of nitrogens with one attached hydrogen (secondary N) is 1. The van der Waals surface area contributed by atoms with Crippen LogP contribution in [0.2, 0.25) is 5.02 Å². The van der Waals surface area contributed by atoms with Crippen molar-refractivity contribution < 1.29 is 13.9 Å². The monoisotopic (exact) mass is 432 g/mol. The van der Waals surface area contributed by atoms with Crippen LogP contribution in [0.25, 0.3) is 16.6 Å². The summed E-state index contributed by atoms with van der Waals surface area (Å²) in [4.78, 5) is 30.1. The summed E-state index contributed by atoms with van der Waals surface area (Å²) in [6, 6.07) is 8.07. The Morgan fingerprint density at radius 2 is 2.00 bits per heavy atom. The van der Waals surface area contributed by atoms with Crippen molar-refractivity contribution in [2.45, 2.75) is 39.3 Å². The number of carbonyl (C=O) groups is 1. The van der Waals surface area contributed by atoms with E-state index in [-0.39, 0.29) is 21.9 Å². The lowest BCUT2D eigenvalue weighted by molar-refractivity contribution is 0.0505. The van der Waals surface area contributed by atoms with E-state index < -0.39 is 29.1 Å². The van der Waals surface area contributed by atoms with Gasteiger partial charge in [0.25, 0.3) is 5.56 Å². The van der Waals surface area contributed by atoms with E-state index in [0.29, 0.717) is 11.2 Å². The number of amides is 1.